The Hall–Kier alpha value is -2.35. The van der Waals surface area contributed by atoms with Crippen molar-refractivity contribution in [2.24, 2.45) is 7.05 Å². The first-order valence-electron chi connectivity index (χ1n) is 12.8. The number of aryl methyl sites for hydroxylation is 1. The number of H-pyrrole nitrogens is 1. The van der Waals surface area contributed by atoms with Crippen LogP contribution in [0.25, 0.3) is 0 Å². The first kappa shape index (κ1) is 24.3. The number of imidazole rings is 1. The van der Waals surface area contributed by atoms with Crippen molar-refractivity contribution >= 4 is 0 Å². The van der Waals surface area contributed by atoms with Crippen LogP contribution in [0.3, 0.4) is 0 Å². The zero-order chi connectivity index (χ0) is 22.7. The van der Waals surface area contributed by atoms with Gasteiger partial charge in [-0.1, -0.05) is 126 Å². The molecule has 172 valence electrons. The van der Waals surface area contributed by atoms with Crippen LogP contribution in [0.1, 0.15) is 94.5 Å². The van der Waals surface area contributed by atoms with Gasteiger partial charge in [-0.3, -0.25) is 0 Å². The molecule has 2 nitrogen and oxygen atoms in total. The molecule has 0 aliphatic heterocycles. The number of hydrogen-bond donors (Lipinski definition) is 1. The molecule has 0 aliphatic carbocycles. The van der Waals surface area contributed by atoms with E-state index in [2.05, 4.69) is 104 Å². The van der Waals surface area contributed by atoms with E-state index in [1.165, 1.54) is 74.7 Å². The van der Waals surface area contributed by atoms with Gasteiger partial charge in [0.25, 0.3) is 5.82 Å². The number of nitrogens with zero attached hydrogens (tertiary/aromatic N) is 1. The van der Waals surface area contributed by atoms with Gasteiger partial charge in [-0.05, 0) is 24.0 Å². The predicted octanol–water partition coefficient (Wildman–Crippen LogP) is 7.65. The van der Waals surface area contributed by atoms with Crippen molar-refractivity contribution in [1.82, 2.24) is 4.98 Å². The maximum absolute atomic E-state index is 3.60. The Morgan fingerprint density at radius 2 is 1.41 bits per heavy atom. The third-order valence-electron chi connectivity index (χ3n) is 7.20. The van der Waals surface area contributed by atoms with Crippen LogP contribution >= 0.6 is 0 Å². The topological polar surface area (TPSA) is 19.7 Å². The number of rotatable bonds is 14. The smallest absolute Gasteiger partial charge is 0.247 e. The molecular weight excluding hydrogens is 388 g/mol. The Labute approximate surface area is 196 Å². The van der Waals surface area contributed by atoms with Crippen molar-refractivity contribution < 1.29 is 4.57 Å². The first-order valence-corrected chi connectivity index (χ1v) is 12.8. The van der Waals surface area contributed by atoms with Gasteiger partial charge >= 0.3 is 0 Å². The van der Waals surface area contributed by atoms with E-state index < -0.39 is 0 Å². The Balaban J connectivity index is 1.80. The minimum Gasteiger partial charge on any atom is -0.247 e. The van der Waals surface area contributed by atoms with Crippen molar-refractivity contribution in [3.8, 4) is 0 Å². The molecule has 2 atom stereocenters. The quantitative estimate of drug-likeness (QED) is 0.200. The van der Waals surface area contributed by atoms with Gasteiger partial charge in [0.1, 0.15) is 12.4 Å². The van der Waals surface area contributed by atoms with Crippen LogP contribution in [0, 0.1) is 0 Å². The van der Waals surface area contributed by atoms with Crippen LogP contribution in [0.2, 0.25) is 0 Å². The maximum atomic E-state index is 3.60. The second-order valence-corrected chi connectivity index (χ2v) is 9.72. The van der Waals surface area contributed by atoms with Gasteiger partial charge in [0.15, 0.2) is 0 Å². The van der Waals surface area contributed by atoms with Crippen LogP contribution in [-0.4, -0.2) is 4.98 Å². The van der Waals surface area contributed by atoms with Crippen molar-refractivity contribution in [1.29, 1.82) is 0 Å². The molecule has 3 rings (SSSR count). The molecule has 0 saturated heterocycles. The van der Waals surface area contributed by atoms with Gasteiger partial charge in [0.05, 0.1) is 13.0 Å². The summed E-state index contributed by atoms with van der Waals surface area (Å²) in [6, 6.07) is 22.2. The Kier molecular flexibility index (Phi) is 9.59. The molecule has 0 radical (unpaired) electrons. The number of benzene rings is 2. The molecule has 2 aromatic carbocycles. The highest BCUT2D eigenvalue weighted by atomic mass is 15.0. The van der Waals surface area contributed by atoms with E-state index in [1.807, 2.05) is 0 Å². The lowest BCUT2D eigenvalue weighted by Gasteiger charge is -2.37. The van der Waals surface area contributed by atoms with Gasteiger partial charge in [-0.15, -0.1) is 0 Å². The Morgan fingerprint density at radius 1 is 0.812 bits per heavy atom. The summed E-state index contributed by atoms with van der Waals surface area (Å²) < 4.78 is 2.29. The average molecular weight is 432 g/mol. The first-order chi connectivity index (χ1) is 15.6. The van der Waals surface area contributed by atoms with Crippen LogP contribution in [0.4, 0.5) is 0 Å². The normalized spacial score (nSPS) is 14.2. The minimum absolute atomic E-state index is 0.0202. The van der Waals surface area contributed by atoms with Crippen molar-refractivity contribution in [3.63, 3.8) is 0 Å². The molecule has 2 unspecified atom stereocenters. The second-order valence-electron chi connectivity index (χ2n) is 9.72. The molecular formula is C30H43N2+. The molecule has 1 N–H and O–H groups in total. The molecule has 32 heavy (non-hydrogen) atoms. The van der Waals surface area contributed by atoms with E-state index in [9.17, 15) is 0 Å². The molecule has 0 amide bonds. The van der Waals surface area contributed by atoms with E-state index >= 15 is 0 Å². The van der Waals surface area contributed by atoms with Crippen LogP contribution < -0.4 is 4.57 Å². The van der Waals surface area contributed by atoms with E-state index in [0.717, 1.165) is 6.42 Å². The SMILES string of the molecule is CCCCCCCCCCC(c1[nH]cc[n+]1C)C(C)(Cc1ccccc1)c1ccccc1. The van der Waals surface area contributed by atoms with Crippen molar-refractivity contribution in [3.05, 3.63) is 90.0 Å². The Bertz CT molecular complexity index is 883. The molecule has 0 spiro atoms. The predicted molar refractivity (Wildman–Crippen MR) is 136 cm³/mol. The lowest BCUT2D eigenvalue weighted by atomic mass is 9.66. The summed E-state index contributed by atoms with van der Waals surface area (Å²) in [4.78, 5) is 3.60. The van der Waals surface area contributed by atoms with E-state index in [0.29, 0.717) is 5.92 Å². The van der Waals surface area contributed by atoms with E-state index in [1.54, 1.807) is 0 Å². The summed E-state index contributed by atoms with van der Waals surface area (Å²) in [5.41, 5.74) is 2.86. The summed E-state index contributed by atoms with van der Waals surface area (Å²) in [6.45, 7) is 4.77. The minimum atomic E-state index is 0.0202. The molecule has 1 heterocycles. The Morgan fingerprint density at radius 3 is 2.00 bits per heavy atom. The van der Waals surface area contributed by atoms with E-state index in [-0.39, 0.29) is 5.41 Å². The van der Waals surface area contributed by atoms with Crippen LogP contribution in [0.15, 0.2) is 73.1 Å². The molecule has 0 fully saturated rings. The van der Waals surface area contributed by atoms with Gasteiger partial charge in [0.2, 0.25) is 0 Å². The van der Waals surface area contributed by atoms with Gasteiger partial charge in [-0.25, -0.2) is 9.55 Å². The zero-order valence-corrected chi connectivity index (χ0v) is 20.5. The van der Waals surface area contributed by atoms with Gasteiger partial charge in [-0.2, -0.15) is 0 Å². The highest BCUT2D eigenvalue weighted by Gasteiger charge is 2.41. The number of unbranched alkanes of at least 4 members (excludes halogenated alkanes) is 7. The number of aromatic amines is 1. The summed E-state index contributed by atoms with van der Waals surface area (Å²) in [6.07, 6.45) is 17.4. The fraction of sp³-hybridized carbons (Fsp3) is 0.500. The number of nitrogens with one attached hydrogen (secondary N) is 1. The third kappa shape index (κ3) is 6.58. The molecule has 1 aromatic heterocycles. The maximum Gasteiger partial charge on any atom is 0.258 e. The zero-order valence-electron chi connectivity index (χ0n) is 20.5. The largest absolute Gasteiger partial charge is 0.258 e. The van der Waals surface area contributed by atoms with Crippen molar-refractivity contribution in [2.75, 3.05) is 0 Å². The van der Waals surface area contributed by atoms with Crippen molar-refractivity contribution in [2.45, 2.75) is 89.4 Å². The summed E-state index contributed by atoms with van der Waals surface area (Å²) in [7, 11) is 2.18. The van der Waals surface area contributed by atoms with Gasteiger partial charge < -0.3 is 0 Å². The van der Waals surface area contributed by atoms with Gasteiger partial charge in [0, 0.05) is 5.41 Å². The monoisotopic (exact) mass is 431 g/mol. The fourth-order valence-corrected chi connectivity index (χ4v) is 5.27. The summed E-state index contributed by atoms with van der Waals surface area (Å²) in [5, 5.41) is 0. The standard InChI is InChI=1S/C30H42N2/c1-4-5-6-7-8-9-10-17-22-28(29-31-23-24-32(29)3)30(2,27-20-15-12-16-21-27)25-26-18-13-11-14-19-26/h11-16,18-21,23-24,28H,4-10,17,22,25H2,1-3H3/p+1. The highest BCUT2D eigenvalue weighted by molar-refractivity contribution is 5.32. The third-order valence-corrected chi connectivity index (χ3v) is 7.20. The van der Waals surface area contributed by atoms with Crippen LogP contribution in [-0.2, 0) is 18.9 Å². The number of hydrogen-bond acceptors (Lipinski definition) is 0. The molecule has 0 aliphatic rings. The molecule has 0 bridgehead atoms. The van der Waals surface area contributed by atoms with Crippen LogP contribution in [0.5, 0.6) is 0 Å². The van der Waals surface area contributed by atoms with E-state index in [4.69, 9.17) is 0 Å². The summed E-state index contributed by atoms with van der Waals surface area (Å²) >= 11 is 0. The lowest BCUT2D eigenvalue weighted by Crippen LogP contribution is -2.41. The fourth-order valence-electron chi connectivity index (χ4n) is 5.27. The molecule has 0 saturated carbocycles. The summed E-state index contributed by atoms with van der Waals surface area (Å²) in [5.74, 6) is 1.78. The lowest BCUT2D eigenvalue weighted by molar-refractivity contribution is -0.679. The number of aromatic nitrogens is 2. The average Bonchev–Trinajstić information content (AvgIpc) is 3.24. The second kappa shape index (κ2) is 12.6. The molecule has 3 aromatic rings. The highest BCUT2D eigenvalue weighted by Crippen LogP contribution is 2.43. The molecule has 2 heteroatoms.